The van der Waals surface area contributed by atoms with Gasteiger partial charge in [-0.25, -0.2) is 4.39 Å². The maximum absolute atomic E-state index is 14.2. The van der Waals surface area contributed by atoms with E-state index in [4.69, 9.17) is 7.85 Å². The summed E-state index contributed by atoms with van der Waals surface area (Å²) in [5, 5.41) is 2.40. The first kappa shape index (κ1) is 22.9. The van der Waals surface area contributed by atoms with Crippen molar-refractivity contribution in [2.45, 2.75) is 32.1 Å². The minimum absolute atomic E-state index is 0.0761. The van der Waals surface area contributed by atoms with Gasteiger partial charge in [-0.2, -0.15) is 13.2 Å². The minimum Gasteiger partial charge on any atom is -0.367 e. The van der Waals surface area contributed by atoms with Crippen molar-refractivity contribution in [3.63, 3.8) is 0 Å². The van der Waals surface area contributed by atoms with Gasteiger partial charge in [-0.1, -0.05) is 5.46 Å². The Bertz CT molecular complexity index is 1040. The van der Waals surface area contributed by atoms with Crippen LogP contribution < -0.4 is 21.2 Å². The molecule has 0 unspecified atom stereocenters. The highest BCUT2D eigenvalue weighted by Crippen LogP contribution is 2.33. The van der Waals surface area contributed by atoms with Crippen LogP contribution in [-0.2, 0) is 6.18 Å². The third-order valence-electron chi connectivity index (χ3n) is 5.54. The van der Waals surface area contributed by atoms with Gasteiger partial charge in [-0.15, -0.1) is 0 Å². The molecule has 1 fully saturated rings. The monoisotopic (exact) mass is 436 g/mol. The summed E-state index contributed by atoms with van der Waals surface area (Å²) in [5.41, 5.74) is -2.99. The number of benzene rings is 1. The summed E-state index contributed by atoms with van der Waals surface area (Å²) in [7, 11) is 7.61. The Morgan fingerprint density at radius 1 is 1.19 bits per heavy atom. The van der Waals surface area contributed by atoms with Crippen LogP contribution in [0.15, 0.2) is 29.2 Å². The zero-order valence-corrected chi connectivity index (χ0v) is 17.2. The molecule has 1 aliphatic heterocycles. The lowest BCUT2D eigenvalue weighted by Crippen LogP contribution is -2.55. The van der Waals surface area contributed by atoms with Crippen molar-refractivity contribution >= 4 is 30.6 Å². The van der Waals surface area contributed by atoms with Crippen LogP contribution >= 0.6 is 0 Å². The number of hydrogen-bond donors (Lipinski definition) is 2. The van der Waals surface area contributed by atoms with Crippen molar-refractivity contribution in [2.75, 3.05) is 30.4 Å². The number of anilines is 2. The number of H-pyrrole nitrogens is 1. The Labute approximate surface area is 177 Å². The summed E-state index contributed by atoms with van der Waals surface area (Å²) in [6.07, 6.45) is -4.21. The van der Waals surface area contributed by atoms with Crippen molar-refractivity contribution in [1.82, 2.24) is 9.88 Å². The van der Waals surface area contributed by atoms with Gasteiger partial charge in [0.2, 0.25) is 5.56 Å². The summed E-state index contributed by atoms with van der Waals surface area (Å²) in [6, 6.07) is 2.88. The third-order valence-corrected chi connectivity index (χ3v) is 5.54. The van der Waals surface area contributed by atoms with Gasteiger partial charge in [0.1, 0.15) is 13.7 Å². The maximum Gasteiger partial charge on any atom is 0.417 e. The number of nitrogens with one attached hydrogen (secondary N) is 2. The summed E-state index contributed by atoms with van der Waals surface area (Å²) in [6.45, 7) is 5.01. The van der Waals surface area contributed by atoms with Gasteiger partial charge in [0, 0.05) is 37.4 Å². The molecular weight excluding hydrogens is 415 g/mol. The Hall–Kier alpha value is -2.82. The highest BCUT2D eigenvalue weighted by Gasteiger charge is 2.36. The van der Waals surface area contributed by atoms with E-state index in [1.807, 2.05) is 25.8 Å². The Morgan fingerprint density at radius 3 is 2.39 bits per heavy atom. The van der Waals surface area contributed by atoms with Crippen molar-refractivity contribution in [1.29, 1.82) is 0 Å². The molecule has 1 aliphatic rings. The number of alkyl halides is 3. The molecule has 2 radical (unpaired) electrons. The number of carbonyl (C=O) groups excluding carboxylic acids is 1. The first-order valence-electron chi connectivity index (χ1n) is 9.55. The quantitative estimate of drug-likeness (QED) is 0.572. The van der Waals surface area contributed by atoms with E-state index in [1.54, 1.807) is 0 Å². The lowest BCUT2D eigenvalue weighted by Gasteiger charge is -2.44. The van der Waals surface area contributed by atoms with Crippen LogP contribution in [0.1, 0.15) is 29.8 Å². The Kier molecular flexibility index (Phi) is 6.17. The third kappa shape index (κ3) is 4.76. The van der Waals surface area contributed by atoms with Crippen molar-refractivity contribution in [2.24, 2.45) is 0 Å². The van der Waals surface area contributed by atoms with E-state index in [0.717, 1.165) is 6.07 Å². The number of aromatic nitrogens is 1. The molecule has 11 heteroatoms. The summed E-state index contributed by atoms with van der Waals surface area (Å²) >= 11 is 0. The van der Waals surface area contributed by atoms with E-state index < -0.39 is 34.6 Å². The fourth-order valence-electron chi connectivity index (χ4n) is 3.63. The maximum atomic E-state index is 14.2. The largest absolute Gasteiger partial charge is 0.417 e. The second kappa shape index (κ2) is 8.37. The van der Waals surface area contributed by atoms with Crippen LogP contribution in [0.4, 0.5) is 28.9 Å². The number of piperazine rings is 1. The molecule has 0 saturated carbocycles. The smallest absolute Gasteiger partial charge is 0.367 e. The van der Waals surface area contributed by atoms with Gasteiger partial charge in [-0.05, 0) is 33.0 Å². The lowest BCUT2D eigenvalue weighted by atomic mass is 9.93. The van der Waals surface area contributed by atoms with Gasteiger partial charge >= 0.3 is 6.18 Å². The van der Waals surface area contributed by atoms with Crippen LogP contribution in [0.2, 0.25) is 0 Å². The number of likely N-dealkylation sites (N-methyl/N-ethyl adjacent to an activating group) is 1. The van der Waals surface area contributed by atoms with Gasteiger partial charge in [0.05, 0.1) is 22.5 Å². The highest BCUT2D eigenvalue weighted by atomic mass is 19.4. The minimum atomic E-state index is -4.91. The molecule has 164 valence electrons. The van der Waals surface area contributed by atoms with Gasteiger partial charge in [0.15, 0.2) is 0 Å². The number of pyridine rings is 1. The van der Waals surface area contributed by atoms with E-state index in [0.29, 0.717) is 31.0 Å². The predicted molar refractivity (Wildman–Crippen MR) is 111 cm³/mol. The van der Waals surface area contributed by atoms with Gasteiger partial charge in [0.25, 0.3) is 5.91 Å². The van der Waals surface area contributed by atoms with Crippen LogP contribution in [0.3, 0.4) is 0 Å². The molecule has 1 aromatic heterocycles. The fraction of sp³-hybridized carbons (Fsp3) is 0.400. The summed E-state index contributed by atoms with van der Waals surface area (Å²) in [5.74, 6) is -1.81. The normalized spacial score (nSPS) is 20.0. The first-order valence-corrected chi connectivity index (χ1v) is 9.55. The van der Waals surface area contributed by atoms with Crippen molar-refractivity contribution in [3.05, 3.63) is 51.7 Å². The molecule has 0 aliphatic carbocycles. The van der Waals surface area contributed by atoms with E-state index >= 15 is 0 Å². The topological polar surface area (TPSA) is 68.4 Å². The number of aromatic amines is 1. The van der Waals surface area contributed by atoms with Crippen LogP contribution in [0.25, 0.3) is 0 Å². The second-order valence-electron chi connectivity index (χ2n) is 7.74. The standard InChI is InChI=1S/C20H21BF4N4O2/c1-10-8-29(9-11(2)28(10)3)17-6-15(22)14(21)5-16(17)27-19(31)12-7-26-18(30)4-13(12)20(23,24)25/h4-7,10-11H,8-9H2,1-3H3,(H,26,30)(H,27,31)/t10-,11+. The second-order valence-corrected chi connectivity index (χ2v) is 7.74. The van der Waals surface area contributed by atoms with E-state index in [2.05, 4.69) is 15.2 Å². The molecule has 2 atom stereocenters. The molecule has 1 saturated heterocycles. The van der Waals surface area contributed by atoms with Crippen LogP contribution in [-0.4, -0.2) is 55.9 Å². The average Bonchev–Trinajstić information content (AvgIpc) is 2.67. The van der Waals surface area contributed by atoms with Gasteiger partial charge in [-0.3, -0.25) is 14.5 Å². The molecule has 2 heterocycles. The fourth-order valence-corrected chi connectivity index (χ4v) is 3.63. The molecular formula is C20H21BF4N4O2. The zero-order valence-electron chi connectivity index (χ0n) is 17.2. The molecule has 1 aromatic carbocycles. The zero-order chi connectivity index (χ0) is 23.1. The molecule has 2 aromatic rings. The Morgan fingerprint density at radius 2 is 1.81 bits per heavy atom. The number of rotatable bonds is 3. The summed E-state index contributed by atoms with van der Waals surface area (Å²) in [4.78, 5) is 30.1. The van der Waals surface area contributed by atoms with Crippen LogP contribution in [0.5, 0.6) is 0 Å². The van der Waals surface area contributed by atoms with E-state index in [-0.39, 0.29) is 23.2 Å². The van der Waals surface area contributed by atoms with Crippen molar-refractivity contribution < 1.29 is 22.4 Å². The van der Waals surface area contributed by atoms with Crippen LogP contribution in [0, 0.1) is 5.82 Å². The number of carbonyl (C=O) groups is 1. The number of hydrogen-bond acceptors (Lipinski definition) is 4. The highest BCUT2D eigenvalue weighted by molar-refractivity contribution is 6.33. The van der Waals surface area contributed by atoms with E-state index in [9.17, 15) is 27.2 Å². The lowest BCUT2D eigenvalue weighted by molar-refractivity contribution is -0.138. The Balaban J connectivity index is 2.00. The number of halogens is 4. The first-order chi connectivity index (χ1) is 14.4. The van der Waals surface area contributed by atoms with Crippen molar-refractivity contribution in [3.8, 4) is 0 Å². The molecule has 31 heavy (non-hydrogen) atoms. The molecule has 6 nitrogen and oxygen atoms in total. The number of nitrogens with zero attached hydrogens (tertiary/aromatic N) is 2. The summed E-state index contributed by atoms with van der Waals surface area (Å²) < 4.78 is 54.2. The molecule has 1 amide bonds. The molecule has 0 bridgehead atoms. The predicted octanol–water partition coefficient (Wildman–Crippen LogP) is 2.11. The number of amides is 1. The van der Waals surface area contributed by atoms with E-state index in [1.165, 1.54) is 6.07 Å². The average molecular weight is 436 g/mol. The SMILES string of the molecule is [B]c1cc(NC(=O)c2c[nH]c(=O)cc2C(F)(F)F)c(N2C[C@@H](C)N(C)[C@@H](C)C2)cc1F. The van der Waals surface area contributed by atoms with Gasteiger partial charge < -0.3 is 15.2 Å². The molecule has 0 spiro atoms. The molecule has 2 N–H and O–H groups in total. The molecule has 3 rings (SSSR count).